The molecule has 6 rings (SSSR count). The Hall–Kier alpha value is -5.55. The number of hydrogen-bond donors (Lipinski definition) is 2. The number of hydrogen-bond acceptors (Lipinski definition) is 7. The standard InChI is InChI=1S/C40H35Cl2N6O5P/c1-47-39(29-7-13-33(41)14-8-29)31(23-43-47)11-21-37(49)45-35-17-3-27(4-18-35)25-52-54(51)53-26-28-5-19-36(20-6-28)46-38(50)22-12-32-24-44-48(2)40(32)30-9-15-34(42)16-10-30/h3-24,54H,25-26H2,1-2H3,(H,45,49)(H,46,50)/b21-11+,22-12+. The third-order valence-corrected chi connectivity index (χ3v) is 9.42. The third-order valence-electron chi connectivity index (χ3n) is 8.15. The predicted molar refractivity (Wildman–Crippen MR) is 214 cm³/mol. The lowest BCUT2D eigenvalue weighted by atomic mass is 10.1. The molecule has 0 radical (unpaired) electrons. The number of anilines is 2. The van der Waals surface area contributed by atoms with Crippen LogP contribution in [0, 0.1) is 0 Å². The van der Waals surface area contributed by atoms with Gasteiger partial charge in [0.05, 0.1) is 37.0 Å². The number of carbonyl (C=O) groups is 2. The summed E-state index contributed by atoms with van der Waals surface area (Å²) in [7, 11) is 0.881. The minimum absolute atomic E-state index is 0.0686. The monoisotopic (exact) mass is 780 g/mol. The Morgan fingerprint density at radius 1 is 0.630 bits per heavy atom. The van der Waals surface area contributed by atoms with E-state index in [1.807, 2.05) is 38.4 Å². The first kappa shape index (κ1) is 38.2. The Kier molecular flexibility index (Phi) is 12.7. The van der Waals surface area contributed by atoms with Crippen molar-refractivity contribution in [1.29, 1.82) is 0 Å². The van der Waals surface area contributed by atoms with E-state index in [4.69, 9.17) is 32.2 Å². The van der Waals surface area contributed by atoms with E-state index in [-0.39, 0.29) is 25.0 Å². The summed E-state index contributed by atoms with van der Waals surface area (Å²) in [4.78, 5) is 25.3. The first-order valence-electron chi connectivity index (χ1n) is 16.6. The molecular formula is C40H35Cl2N6O5P. The highest BCUT2D eigenvalue weighted by atomic mass is 35.5. The summed E-state index contributed by atoms with van der Waals surface area (Å²) in [5.41, 5.74) is 7.85. The van der Waals surface area contributed by atoms with Gasteiger partial charge in [0, 0.05) is 69.9 Å². The van der Waals surface area contributed by atoms with Crippen LogP contribution in [0.4, 0.5) is 11.4 Å². The van der Waals surface area contributed by atoms with E-state index >= 15 is 0 Å². The number of nitrogens with zero attached hydrogens (tertiary/aromatic N) is 4. The van der Waals surface area contributed by atoms with E-state index in [1.54, 1.807) is 107 Å². The van der Waals surface area contributed by atoms with Gasteiger partial charge in [-0.25, -0.2) is 0 Å². The van der Waals surface area contributed by atoms with E-state index in [0.29, 0.717) is 21.4 Å². The fourth-order valence-electron chi connectivity index (χ4n) is 5.47. The lowest BCUT2D eigenvalue weighted by molar-refractivity contribution is -0.112. The van der Waals surface area contributed by atoms with Crippen molar-refractivity contribution in [3.63, 3.8) is 0 Å². The normalized spacial score (nSPS) is 11.5. The fourth-order valence-corrected chi connectivity index (χ4v) is 6.37. The van der Waals surface area contributed by atoms with Crippen LogP contribution < -0.4 is 10.6 Å². The molecule has 0 spiro atoms. The van der Waals surface area contributed by atoms with Gasteiger partial charge < -0.3 is 19.7 Å². The van der Waals surface area contributed by atoms with Gasteiger partial charge in [-0.2, -0.15) is 10.2 Å². The number of aryl methyl sites for hydroxylation is 2. The lowest BCUT2D eigenvalue weighted by Gasteiger charge is -2.08. The van der Waals surface area contributed by atoms with E-state index in [1.165, 1.54) is 12.2 Å². The fraction of sp³-hybridized carbons (Fsp3) is 0.100. The summed E-state index contributed by atoms with van der Waals surface area (Å²) in [5, 5.41) is 15.6. The molecule has 54 heavy (non-hydrogen) atoms. The predicted octanol–water partition coefficient (Wildman–Crippen LogP) is 9.22. The van der Waals surface area contributed by atoms with Crippen LogP contribution in [0.3, 0.4) is 0 Å². The highest BCUT2D eigenvalue weighted by Gasteiger charge is 2.11. The lowest BCUT2D eigenvalue weighted by Crippen LogP contribution is -2.07. The molecule has 0 aliphatic carbocycles. The average molecular weight is 782 g/mol. The van der Waals surface area contributed by atoms with Crippen molar-refractivity contribution < 1.29 is 23.2 Å². The van der Waals surface area contributed by atoms with Crippen molar-refractivity contribution in [2.24, 2.45) is 14.1 Å². The largest absolute Gasteiger partial charge is 0.323 e. The number of rotatable bonds is 14. The maximum absolute atomic E-state index is 12.6. The summed E-state index contributed by atoms with van der Waals surface area (Å²) >= 11 is 12.1. The Bertz CT molecular complexity index is 2160. The Labute approximate surface area is 322 Å². The average Bonchev–Trinajstić information content (AvgIpc) is 3.74. The molecule has 6 aromatic rings. The molecule has 0 unspecified atom stereocenters. The van der Waals surface area contributed by atoms with Gasteiger partial charge in [0.1, 0.15) is 0 Å². The second kappa shape index (κ2) is 18.0. The number of nitrogens with one attached hydrogen (secondary N) is 2. The Balaban J connectivity index is 0.922. The summed E-state index contributed by atoms with van der Waals surface area (Å²) in [5.74, 6) is -0.610. The van der Waals surface area contributed by atoms with E-state index in [9.17, 15) is 14.2 Å². The van der Waals surface area contributed by atoms with Crippen LogP contribution in [-0.2, 0) is 50.5 Å². The molecule has 2 N–H and O–H groups in total. The number of benzene rings is 4. The maximum Gasteiger partial charge on any atom is 0.319 e. The SMILES string of the molecule is Cn1ncc(/C=C/C(=O)Nc2ccc(CO[PH](=O)OCc3ccc(NC(=O)/C=C/c4cnn(C)c4-c4ccc(Cl)cc4)cc3)cc2)c1-c1ccc(Cl)cc1. The molecule has 14 heteroatoms. The molecule has 0 aliphatic heterocycles. The molecule has 2 amide bonds. The van der Waals surface area contributed by atoms with Gasteiger partial charge >= 0.3 is 8.25 Å². The Morgan fingerprint density at radius 2 is 1.00 bits per heavy atom. The first-order valence-corrected chi connectivity index (χ1v) is 18.6. The van der Waals surface area contributed by atoms with Gasteiger partial charge in [-0.3, -0.25) is 23.5 Å². The number of carbonyl (C=O) groups excluding carboxylic acids is 2. The molecule has 2 aromatic heterocycles. The summed E-state index contributed by atoms with van der Waals surface area (Å²) < 4.78 is 26.8. The minimum Gasteiger partial charge on any atom is -0.323 e. The van der Waals surface area contributed by atoms with Crippen molar-refractivity contribution in [2.75, 3.05) is 10.6 Å². The first-order chi connectivity index (χ1) is 26.1. The van der Waals surface area contributed by atoms with Crippen LogP contribution in [0.15, 0.2) is 122 Å². The zero-order valence-electron chi connectivity index (χ0n) is 29.2. The molecule has 0 saturated heterocycles. The van der Waals surface area contributed by atoms with Gasteiger partial charge in [-0.05, 0) is 71.8 Å². The molecule has 274 valence electrons. The number of amides is 2. The van der Waals surface area contributed by atoms with Gasteiger partial charge in [0.25, 0.3) is 0 Å². The molecule has 11 nitrogen and oxygen atoms in total. The van der Waals surface area contributed by atoms with Crippen molar-refractivity contribution in [2.45, 2.75) is 13.2 Å². The van der Waals surface area contributed by atoms with Crippen LogP contribution in [0.25, 0.3) is 34.7 Å². The van der Waals surface area contributed by atoms with Crippen LogP contribution in [0.5, 0.6) is 0 Å². The third kappa shape index (κ3) is 10.3. The van der Waals surface area contributed by atoms with E-state index in [0.717, 1.165) is 44.8 Å². The number of aromatic nitrogens is 4. The summed E-state index contributed by atoms with van der Waals surface area (Å²) in [6.45, 7) is 0.137. The van der Waals surface area contributed by atoms with Crippen LogP contribution in [0.1, 0.15) is 22.3 Å². The van der Waals surface area contributed by atoms with Gasteiger partial charge in [0.2, 0.25) is 11.8 Å². The van der Waals surface area contributed by atoms with Crippen molar-refractivity contribution in [3.05, 3.63) is 154 Å². The van der Waals surface area contributed by atoms with Crippen LogP contribution in [0.2, 0.25) is 10.0 Å². The quantitative estimate of drug-likeness (QED) is 0.0833. The topological polar surface area (TPSA) is 129 Å². The van der Waals surface area contributed by atoms with Gasteiger partial charge in [-0.15, -0.1) is 0 Å². The van der Waals surface area contributed by atoms with Crippen molar-refractivity contribution >= 4 is 66.8 Å². The molecule has 0 fully saturated rings. The molecule has 0 saturated carbocycles. The second-order valence-corrected chi connectivity index (χ2v) is 14.0. The minimum atomic E-state index is -2.79. The molecule has 0 atom stereocenters. The zero-order chi connectivity index (χ0) is 38.0. The van der Waals surface area contributed by atoms with Crippen LogP contribution in [-0.4, -0.2) is 31.4 Å². The summed E-state index contributed by atoms with van der Waals surface area (Å²) in [6, 6.07) is 28.8. The van der Waals surface area contributed by atoms with Gasteiger partial charge in [0.15, 0.2) is 0 Å². The highest BCUT2D eigenvalue weighted by molar-refractivity contribution is 7.33. The smallest absolute Gasteiger partial charge is 0.319 e. The molecule has 4 aromatic carbocycles. The van der Waals surface area contributed by atoms with Gasteiger partial charge in [-0.1, -0.05) is 71.7 Å². The van der Waals surface area contributed by atoms with E-state index in [2.05, 4.69) is 20.8 Å². The van der Waals surface area contributed by atoms with Crippen molar-refractivity contribution in [3.8, 4) is 22.5 Å². The zero-order valence-corrected chi connectivity index (χ0v) is 31.7. The maximum atomic E-state index is 12.6. The number of halogens is 2. The Morgan fingerprint density at radius 3 is 1.37 bits per heavy atom. The molecule has 0 bridgehead atoms. The molecular weight excluding hydrogens is 746 g/mol. The summed E-state index contributed by atoms with van der Waals surface area (Å²) in [6.07, 6.45) is 9.70. The van der Waals surface area contributed by atoms with E-state index < -0.39 is 8.25 Å². The molecule has 2 heterocycles. The second-order valence-electron chi connectivity index (χ2n) is 12.0. The molecule has 0 aliphatic rings. The highest BCUT2D eigenvalue weighted by Crippen LogP contribution is 2.29. The van der Waals surface area contributed by atoms with Crippen LogP contribution >= 0.6 is 31.5 Å². The van der Waals surface area contributed by atoms with Crippen molar-refractivity contribution in [1.82, 2.24) is 19.6 Å².